The van der Waals surface area contributed by atoms with E-state index in [2.05, 4.69) is 4.98 Å². The Bertz CT molecular complexity index is 1320. The predicted molar refractivity (Wildman–Crippen MR) is 132 cm³/mol. The molecule has 0 bridgehead atoms. The molecule has 0 N–H and O–H groups in total. The highest BCUT2D eigenvalue weighted by atomic mass is 35.5. The van der Waals surface area contributed by atoms with E-state index in [9.17, 15) is 4.79 Å². The summed E-state index contributed by atoms with van der Waals surface area (Å²) >= 11 is 9.01. The molecule has 9 heteroatoms. The molecule has 6 nitrogen and oxygen atoms in total. The van der Waals surface area contributed by atoms with E-state index in [1.165, 1.54) is 11.3 Å². The Labute approximate surface area is 204 Å². The maximum Gasteiger partial charge on any atom is 0.270 e. The van der Waals surface area contributed by atoms with Gasteiger partial charge in [0.05, 0.1) is 22.7 Å². The number of methoxy groups -OCH3 is 1. The average molecular weight is 498 g/mol. The van der Waals surface area contributed by atoms with Gasteiger partial charge in [0.1, 0.15) is 16.5 Å². The van der Waals surface area contributed by atoms with Gasteiger partial charge in [-0.15, -0.1) is 22.7 Å². The van der Waals surface area contributed by atoms with Gasteiger partial charge in [-0.3, -0.25) is 4.79 Å². The number of benzene rings is 2. The van der Waals surface area contributed by atoms with E-state index in [0.717, 1.165) is 31.8 Å². The van der Waals surface area contributed by atoms with Gasteiger partial charge >= 0.3 is 0 Å². The van der Waals surface area contributed by atoms with Gasteiger partial charge < -0.3 is 14.4 Å². The molecule has 0 aliphatic carbocycles. The molecule has 1 aliphatic rings. The van der Waals surface area contributed by atoms with E-state index in [4.69, 9.17) is 26.1 Å². The molecule has 2 aromatic carbocycles. The molecule has 3 heterocycles. The molecule has 0 unspecified atom stereocenters. The third-order valence-corrected chi connectivity index (χ3v) is 7.57. The van der Waals surface area contributed by atoms with Gasteiger partial charge in [-0.25, -0.2) is 9.97 Å². The van der Waals surface area contributed by atoms with Gasteiger partial charge in [0.2, 0.25) is 0 Å². The van der Waals surface area contributed by atoms with Crippen molar-refractivity contribution in [1.82, 2.24) is 9.97 Å². The molecule has 0 fully saturated rings. The maximum absolute atomic E-state index is 13.3. The van der Waals surface area contributed by atoms with Gasteiger partial charge in [0, 0.05) is 41.5 Å². The lowest BCUT2D eigenvalue weighted by Gasteiger charge is -2.26. The summed E-state index contributed by atoms with van der Waals surface area (Å²) in [5, 5.41) is 2.50. The topological polar surface area (TPSA) is 64.5 Å². The van der Waals surface area contributed by atoms with Crippen molar-refractivity contribution in [3.63, 3.8) is 0 Å². The number of ether oxygens (including phenoxy) is 2. The quantitative estimate of drug-likeness (QED) is 0.326. The Morgan fingerprint density at radius 2 is 1.94 bits per heavy atom. The summed E-state index contributed by atoms with van der Waals surface area (Å²) in [6.45, 7) is 2.94. The largest absolute Gasteiger partial charge is 0.493 e. The molecule has 0 spiro atoms. The van der Waals surface area contributed by atoms with Crippen LogP contribution in [-0.2, 0) is 13.0 Å². The zero-order valence-electron chi connectivity index (χ0n) is 18.0. The number of carbonyl (C=O) groups is 1. The Kier molecular flexibility index (Phi) is 6.05. The zero-order chi connectivity index (χ0) is 22.9. The van der Waals surface area contributed by atoms with Crippen LogP contribution < -0.4 is 14.4 Å². The summed E-state index contributed by atoms with van der Waals surface area (Å²) in [5.41, 5.74) is 2.57. The van der Waals surface area contributed by atoms with Gasteiger partial charge in [-0.1, -0.05) is 23.7 Å². The van der Waals surface area contributed by atoms with Crippen molar-refractivity contribution >= 4 is 45.9 Å². The van der Waals surface area contributed by atoms with E-state index >= 15 is 0 Å². The van der Waals surface area contributed by atoms with E-state index in [1.54, 1.807) is 23.3 Å². The summed E-state index contributed by atoms with van der Waals surface area (Å²) in [4.78, 5) is 25.8. The van der Waals surface area contributed by atoms with Crippen molar-refractivity contribution < 1.29 is 14.3 Å². The minimum atomic E-state index is -0.0511. The fourth-order valence-corrected chi connectivity index (χ4v) is 5.56. The highest BCUT2D eigenvalue weighted by molar-refractivity contribution is 7.17. The van der Waals surface area contributed by atoms with Crippen LogP contribution in [0.3, 0.4) is 0 Å². The molecule has 0 radical (unpaired) electrons. The Morgan fingerprint density at radius 3 is 2.67 bits per heavy atom. The second-order valence-electron chi connectivity index (χ2n) is 7.48. The number of carbonyl (C=O) groups excluding carboxylic acids is 1. The number of halogens is 1. The molecule has 4 aromatic rings. The lowest BCUT2D eigenvalue weighted by Crippen LogP contribution is -2.36. The first-order valence-electron chi connectivity index (χ1n) is 10.3. The summed E-state index contributed by atoms with van der Waals surface area (Å²) in [7, 11) is 1.60. The molecule has 0 atom stereocenters. The lowest BCUT2D eigenvalue weighted by molar-refractivity contribution is 0.0984. The number of aryl methyl sites for hydroxylation is 1. The first-order valence-corrected chi connectivity index (χ1v) is 12.3. The SMILES string of the molecule is COc1cc(N2CCc3nc(-c4ccc(Cl)cc4)sc3C2=O)ccc1OCc1cnc(C)s1. The van der Waals surface area contributed by atoms with Crippen molar-refractivity contribution in [1.29, 1.82) is 0 Å². The second-order valence-corrected chi connectivity index (χ2v) is 10.2. The standard InChI is InChI=1S/C24H20ClN3O3S2/c1-14-26-12-18(32-14)13-31-20-8-7-17(11-21(20)30-2)28-10-9-19-22(24(28)29)33-23(27-19)15-3-5-16(25)6-4-15/h3-8,11-12H,9-10,13H2,1-2H3. The number of nitrogens with zero attached hydrogens (tertiary/aromatic N) is 3. The molecule has 1 amide bonds. The van der Waals surface area contributed by atoms with Crippen LogP contribution in [-0.4, -0.2) is 29.5 Å². The number of hydrogen-bond donors (Lipinski definition) is 0. The highest BCUT2D eigenvalue weighted by Crippen LogP contribution is 2.37. The summed E-state index contributed by atoms with van der Waals surface area (Å²) in [5.74, 6) is 1.16. The van der Waals surface area contributed by atoms with Crippen LogP contribution in [0.1, 0.15) is 25.3 Å². The minimum Gasteiger partial charge on any atom is -0.493 e. The van der Waals surface area contributed by atoms with Gasteiger partial charge in [-0.05, 0) is 31.2 Å². The normalized spacial score (nSPS) is 13.2. The van der Waals surface area contributed by atoms with Crippen LogP contribution in [0.2, 0.25) is 5.02 Å². The molecule has 33 heavy (non-hydrogen) atoms. The van der Waals surface area contributed by atoms with Crippen LogP contribution in [0, 0.1) is 6.92 Å². The van der Waals surface area contributed by atoms with E-state index in [1.807, 2.05) is 55.6 Å². The fraction of sp³-hybridized carbons (Fsp3) is 0.208. The van der Waals surface area contributed by atoms with Crippen molar-refractivity contribution in [3.8, 4) is 22.1 Å². The third-order valence-electron chi connectivity index (χ3n) is 5.30. The Balaban J connectivity index is 1.36. The smallest absolute Gasteiger partial charge is 0.270 e. The first-order chi connectivity index (χ1) is 16.0. The van der Waals surface area contributed by atoms with Crippen LogP contribution in [0.15, 0.2) is 48.7 Å². The molecule has 1 aliphatic heterocycles. The van der Waals surface area contributed by atoms with Crippen LogP contribution >= 0.6 is 34.3 Å². The lowest BCUT2D eigenvalue weighted by atomic mass is 10.1. The molecular formula is C24H20ClN3O3S2. The predicted octanol–water partition coefficient (Wildman–Crippen LogP) is 6.02. The van der Waals surface area contributed by atoms with Gasteiger partial charge in [0.25, 0.3) is 5.91 Å². The van der Waals surface area contributed by atoms with Gasteiger partial charge in [0.15, 0.2) is 11.5 Å². The van der Waals surface area contributed by atoms with Crippen molar-refractivity contribution in [3.05, 3.63) is 74.1 Å². The van der Waals surface area contributed by atoms with Crippen LogP contribution in [0.25, 0.3) is 10.6 Å². The number of aromatic nitrogens is 2. The number of fused-ring (bicyclic) bond motifs is 1. The maximum atomic E-state index is 13.3. The summed E-state index contributed by atoms with van der Waals surface area (Å²) in [6, 6.07) is 13.1. The van der Waals surface area contributed by atoms with Gasteiger partial charge in [-0.2, -0.15) is 0 Å². The summed E-state index contributed by atoms with van der Waals surface area (Å²) in [6.07, 6.45) is 2.51. The second kappa shape index (κ2) is 9.13. The zero-order valence-corrected chi connectivity index (χ0v) is 20.4. The fourth-order valence-electron chi connectivity index (χ4n) is 3.66. The Hall–Kier alpha value is -2.94. The number of thiazole rings is 2. The Morgan fingerprint density at radius 1 is 1.12 bits per heavy atom. The number of amides is 1. The van der Waals surface area contributed by atoms with Crippen molar-refractivity contribution in [2.45, 2.75) is 20.0 Å². The number of anilines is 1. The molecule has 0 saturated heterocycles. The molecule has 2 aromatic heterocycles. The molecule has 5 rings (SSSR count). The number of hydrogen-bond acceptors (Lipinski definition) is 7. The monoisotopic (exact) mass is 497 g/mol. The molecule has 0 saturated carbocycles. The summed E-state index contributed by atoms with van der Waals surface area (Å²) < 4.78 is 11.5. The third kappa shape index (κ3) is 4.46. The van der Waals surface area contributed by atoms with Crippen molar-refractivity contribution in [2.24, 2.45) is 0 Å². The first kappa shape index (κ1) is 21.9. The van der Waals surface area contributed by atoms with E-state index < -0.39 is 0 Å². The van der Waals surface area contributed by atoms with Crippen LogP contribution in [0.4, 0.5) is 5.69 Å². The molecular weight excluding hydrogens is 478 g/mol. The van der Waals surface area contributed by atoms with Crippen molar-refractivity contribution in [2.75, 3.05) is 18.6 Å². The van der Waals surface area contributed by atoms with Crippen LogP contribution in [0.5, 0.6) is 11.5 Å². The highest BCUT2D eigenvalue weighted by Gasteiger charge is 2.30. The minimum absolute atomic E-state index is 0.0511. The average Bonchev–Trinajstić information content (AvgIpc) is 3.45. The van der Waals surface area contributed by atoms with E-state index in [-0.39, 0.29) is 5.91 Å². The van der Waals surface area contributed by atoms with E-state index in [0.29, 0.717) is 41.0 Å². The molecule has 168 valence electrons. The number of rotatable bonds is 6.